The molecule has 0 bridgehead atoms. The lowest BCUT2D eigenvalue weighted by atomic mass is 10.1. The molecule has 0 aromatic heterocycles. The Morgan fingerprint density at radius 1 is 1.10 bits per heavy atom. The van der Waals surface area contributed by atoms with E-state index >= 15 is 0 Å². The molecule has 21 heavy (non-hydrogen) atoms. The van der Waals surface area contributed by atoms with E-state index in [4.69, 9.17) is 10.2 Å². The van der Waals surface area contributed by atoms with Gasteiger partial charge in [0.25, 0.3) is 5.91 Å². The summed E-state index contributed by atoms with van der Waals surface area (Å²) in [6, 6.07) is 2.11. The Balaban J connectivity index is 2.87. The van der Waals surface area contributed by atoms with Crippen molar-refractivity contribution in [3.05, 3.63) is 28.4 Å². The molecule has 1 amide bonds. The summed E-state index contributed by atoms with van der Waals surface area (Å²) in [4.78, 5) is 33.6. The molecule has 9 heteroatoms. The minimum Gasteiger partial charge on any atom is -0.481 e. The summed E-state index contributed by atoms with van der Waals surface area (Å²) in [5.74, 6) is -2.88. The fourth-order valence-corrected chi connectivity index (χ4v) is 3.53. The number of carbonyl (C=O) groups is 3. The number of rotatable bonds is 6. The average Bonchev–Trinajstić information content (AvgIpc) is 2.39. The number of hydrogen-bond donors (Lipinski definition) is 3. The number of nitrogens with one attached hydrogen (secondary N) is 1. The lowest BCUT2D eigenvalue weighted by Crippen LogP contribution is -2.41. The molecule has 0 saturated carbocycles. The predicted octanol–water partition coefficient (Wildman–Crippen LogP) is 2.55. The van der Waals surface area contributed by atoms with Gasteiger partial charge in [-0.15, -0.1) is 0 Å². The Bertz CT molecular complexity index is 567. The van der Waals surface area contributed by atoms with Crippen molar-refractivity contribution in [2.45, 2.75) is 18.9 Å². The third-order valence-corrected chi connectivity index (χ3v) is 7.42. The first-order valence-corrected chi connectivity index (χ1v) is 8.86. The van der Waals surface area contributed by atoms with Gasteiger partial charge in [0.05, 0.1) is 0 Å². The van der Waals surface area contributed by atoms with Gasteiger partial charge < -0.3 is 15.5 Å². The highest BCUT2D eigenvalue weighted by Crippen LogP contribution is 2.23. The van der Waals surface area contributed by atoms with Crippen LogP contribution in [0, 0.1) is 10.7 Å². The maximum Gasteiger partial charge on any atom is 0.326 e. The second kappa shape index (κ2) is 8.45. The van der Waals surface area contributed by atoms with Crippen LogP contribution in [0.5, 0.6) is 0 Å². The molecular formula is C12H10I3NO5. The molecule has 1 aromatic carbocycles. The van der Waals surface area contributed by atoms with Crippen LogP contribution in [0.3, 0.4) is 0 Å². The molecule has 1 unspecified atom stereocenters. The topological polar surface area (TPSA) is 104 Å². The zero-order chi connectivity index (χ0) is 16.2. The van der Waals surface area contributed by atoms with E-state index in [9.17, 15) is 14.4 Å². The Morgan fingerprint density at radius 3 is 2.05 bits per heavy atom. The van der Waals surface area contributed by atoms with Crippen LogP contribution < -0.4 is 5.32 Å². The molecule has 114 valence electrons. The number of aliphatic carboxylic acids is 2. The molecular weight excluding hydrogens is 619 g/mol. The number of carbonyl (C=O) groups excluding carboxylic acids is 1. The molecule has 0 fully saturated rings. The van der Waals surface area contributed by atoms with E-state index in [1.807, 2.05) is 0 Å². The van der Waals surface area contributed by atoms with E-state index in [0.29, 0.717) is 5.56 Å². The second-order valence-electron chi connectivity index (χ2n) is 4.05. The molecule has 1 atom stereocenters. The van der Waals surface area contributed by atoms with E-state index in [1.165, 1.54) is 0 Å². The fourth-order valence-electron chi connectivity index (χ4n) is 1.45. The van der Waals surface area contributed by atoms with E-state index < -0.39 is 23.9 Å². The lowest BCUT2D eigenvalue weighted by Gasteiger charge is -2.14. The summed E-state index contributed by atoms with van der Waals surface area (Å²) in [5, 5.41) is 20.0. The Hall–Kier alpha value is -0.180. The molecule has 3 N–H and O–H groups in total. The highest BCUT2D eigenvalue weighted by molar-refractivity contribution is 14.1. The maximum absolute atomic E-state index is 12.1. The van der Waals surface area contributed by atoms with E-state index in [-0.39, 0.29) is 12.8 Å². The number of halogens is 3. The van der Waals surface area contributed by atoms with Gasteiger partial charge in [-0.1, -0.05) is 0 Å². The van der Waals surface area contributed by atoms with Crippen LogP contribution in [-0.2, 0) is 9.59 Å². The van der Waals surface area contributed by atoms with Crippen LogP contribution in [-0.4, -0.2) is 34.1 Å². The van der Waals surface area contributed by atoms with Gasteiger partial charge in [0, 0.05) is 22.7 Å². The summed E-state index contributed by atoms with van der Waals surface area (Å²) in [6.45, 7) is 0. The molecule has 1 aromatic rings. The minimum absolute atomic E-state index is 0.158. The first-order valence-electron chi connectivity index (χ1n) is 5.62. The SMILES string of the molecule is O=C(O)CCC(NC(=O)c1cc(I)c(I)c(I)c1)C(=O)O. The second-order valence-corrected chi connectivity index (χ2v) is 7.45. The summed E-state index contributed by atoms with van der Waals surface area (Å²) in [6.07, 6.45) is -0.478. The number of amides is 1. The highest BCUT2D eigenvalue weighted by Gasteiger charge is 2.22. The van der Waals surface area contributed by atoms with Crippen molar-refractivity contribution in [1.82, 2.24) is 5.32 Å². The van der Waals surface area contributed by atoms with Crippen molar-refractivity contribution in [3.63, 3.8) is 0 Å². The molecule has 0 radical (unpaired) electrons. The Labute approximate surface area is 161 Å². The van der Waals surface area contributed by atoms with Crippen molar-refractivity contribution >= 4 is 85.6 Å². The summed E-state index contributed by atoms with van der Waals surface area (Å²) in [7, 11) is 0. The summed E-state index contributed by atoms with van der Waals surface area (Å²) in [5.41, 5.74) is 0.353. The van der Waals surface area contributed by atoms with Crippen molar-refractivity contribution in [2.75, 3.05) is 0 Å². The molecule has 0 spiro atoms. The summed E-state index contributed by atoms with van der Waals surface area (Å²) < 4.78 is 2.80. The van der Waals surface area contributed by atoms with Gasteiger partial charge in [-0.2, -0.15) is 0 Å². The monoisotopic (exact) mass is 629 g/mol. The van der Waals surface area contributed by atoms with Crippen LogP contribution in [0.25, 0.3) is 0 Å². The Morgan fingerprint density at radius 2 is 1.62 bits per heavy atom. The quantitative estimate of drug-likeness (QED) is 0.332. The van der Waals surface area contributed by atoms with Crippen LogP contribution in [0.1, 0.15) is 23.2 Å². The van der Waals surface area contributed by atoms with Gasteiger partial charge in [0.15, 0.2) is 0 Å². The molecule has 6 nitrogen and oxygen atoms in total. The minimum atomic E-state index is -1.25. The molecule has 0 heterocycles. The highest BCUT2D eigenvalue weighted by atomic mass is 127. The third-order valence-electron chi connectivity index (χ3n) is 2.50. The third kappa shape index (κ3) is 5.84. The van der Waals surface area contributed by atoms with Crippen molar-refractivity contribution in [3.8, 4) is 0 Å². The van der Waals surface area contributed by atoms with E-state index in [1.54, 1.807) is 12.1 Å². The van der Waals surface area contributed by atoms with Gasteiger partial charge in [-0.3, -0.25) is 9.59 Å². The van der Waals surface area contributed by atoms with Crippen LogP contribution >= 0.6 is 67.8 Å². The van der Waals surface area contributed by atoms with Crippen LogP contribution in [0.4, 0.5) is 0 Å². The van der Waals surface area contributed by atoms with Gasteiger partial charge in [0.2, 0.25) is 0 Å². The molecule has 1 rings (SSSR count). The van der Waals surface area contributed by atoms with Gasteiger partial charge in [-0.05, 0) is 86.3 Å². The lowest BCUT2D eigenvalue weighted by molar-refractivity contribution is -0.140. The summed E-state index contributed by atoms with van der Waals surface area (Å²) >= 11 is 6.35. The van der Waals surface area contributed by atoms with Crippen LogP contribution in [0.2, 0.25) is 0 Å². The molecule has 0 aliphatic carbocycles. The predicted molar refractivity (Wildman–Crippen MR) is 100 cm³/mol. The molecule has 0 aliphatic rings. The smallest absolute Gasteiger partial charge is 0.326 e. The normalized spacial score (nSPS) is 11.8. The zero-order valence-corrected chi connectivity index (χ0v) is 16.9. The van der Waals surface area contributed by atoms with E-state index in [0.717, 1.165) is 10.7 Å². The molecule has 0 aliphatic heterocycles. The standard InChI is InChI=1S/C12H10I3NO5/c13-6-3-5(4-7(14)10(6)15)11(19)16-8(12(20)21)1-2-9(17)18/h3-4,8H,1-2H2,(H,16,19)(H,17,18)(H,20,21). The maximum atomic E-state index is 12.1. The number of carboxylic acid groups (broad SMARTS) is 2. The Kier molecular flexibility index (Phi) is 7.59. The average molecular weight is 629 g/mol. The molecule has 0 saturated heterocycles. The van der Waals surface area contributed by atoms with Crippen molar-refractivity contribution < 1.29 is 24.6 Å². The zero-order valence-electron chi connectivity index (χ0n) is 10.4. The van der Waals surface area contributed by atoms with E-state index in [2.05, 4.69) is 73.1 Å². The first kappa shape index (κ1) is 18.9. The first-order chi connectivity index (χ1) is 9.72. The van der Waals surface area contributed by atoms with Gasteiger partial charge in [-0.25, -0.2) is 4.79 Å². The number of benzene rings is 1. The van der Waals surface area contributed by atoms with Crippen molar-refractivity contribution in [1.29, 1.82) is 0 Å². The van der Waals surface area contributed by atoms with Gasteiger partial charge >= 0.3 is 11.9 Å². The van der Waals surface area contributed by atoms with Crippen molar-refractivity contribution in [2.24, 2.45) is 0 Å². The largest absolute Gasteiger partial charge is 0.481 e. The number of carboxylic acids is 2. The van der Waals surface area contributed by atoms with Crippen LogP contribution in [0.15, 0.2) is 12.1 Å². The number of hydrogen-bond acceptors (Lipinski definition) is 3. The van der Waals surface area contributed by atoms with Gasteiger partial charge in [0.1, 0.15) is 6.04 Å². The fraction of sp³-hybridized carbons (Fsp3) is 0.250.